The number of halogens is 1. The van der Waals surface area contributed by atoms with Crippen molar-refractivity contribution in [2.24, 2.45) is 0 Å². The molecule has 0 saturated carbocycles. The molecule has 33 heavy (non-hydrogen) atoms. The van der Waals surface area contributed by atoms with Gasteiger partial charge in [0.1, 0.15) is 5.82 Å². The van der Waals surface area contributed by atoms with E-state index >= 15 is 4.39 Å². The van der Waals surface area contributed by atoms with Crippen LogP contribution in [0, 0.1) is 17.1 Å². The Morgan fingerprint density at radius 1 is 0.697 bits per heavy atom. The first-order valence-corrected chi connectivity index (χ1v) is 11.4. The van der Waals surface area contributed by atoms with Crippen molar-refractivity contribution < 1.29 is 9.13 Å². The maximum absolute atomic E-state index is 15.1. The molecule has 0 amide bonds. The Kier molecular flexibility index (Phi) is 7.50. The van der Waals surface area contributed by atoms with E-state index in [1.54, 1.807) is 7.11 Å². The molecule has 166 valence electrons. The number of nitrogens with zero attached hydrogens (tertiary/aromatic N) is 1. The Labute approximate surface area is 195 Å². The first-order valence-electron chi connectivity index (χ1n) is 11.4. The van der Waals surface area contributed by atoms with Gasteiger partial charge in [0.2, 0.25) is 0 Å². The van der Waals surface area contributed by atoms with Crippen LogP contribution in [0.5, 0.6) is 0 Å². The van der Waals surface area contributed by atoms with E-state index in [2.05, 4.69) is 36.4 Å². The Bertz CT molecular complexity index is 1250. The van der Waals surface area contributed by atoms with E-state index in [4.69, 9.17) is 10.00 Å². The number of ether oxygens (including phenoxy) is 1. The molecule has 4 rings (SSSR count). The highest BCUT2D eigenvalue weighted by Gasteiger charge is 2.09. The second-order valence-electron chi connectivity index (χ2n) is 8.46. The Morgan fingerprint density at radius 2 is 1.27 bits per heavy atom. The monoisotopic (exact) mass is 437 g/mol. The number of benzene rings is 4. The van der Waals surface area contributed by atoms with E-state index in [0.717, 1.165) is 48.8 Å². The van der Waals surface area contributed by atoms with Crippen LogP contribution >= 0.6 is 0 Å². The van der Waals surface area contributed by atoms with Gasteiger partial charge in [0.05, 0.1) is 18.2 Å². The number of hydrogen-bond donors (Lipinski definition) is 0. The van der Waals surface area contributed by atoms with Crippen LogP contribution in [0.15, 0.2) is 78.9 Å². The highest BCUT2D eigenvalue weighted by molar-refractivity contribution is 5.84. The summed E-state index contributed by atoms with van der Waals surface area (Å²) in [5, 5.41) is 10.5. The lowest BCUT2D eigenvalue weighted by Crippen LogP contribution is -1.97. The van der Waals surface area contributed by atoms with Gasteiger partial charge in [-0.3, -0.25) is 0 Å². The number of fused-ring (bicyclic) bond motifs is 1. The van der Waals surface area contributed by atoms with Crippen LogP contribution in [0.3, 0.4) is 0 Å². The van der Waals surface area contributed by atoms with Crippen LogP contribution in [0.25, 0.3) is 10.8 Å². The molecule has 0 heterocycles. The lowest BCUT2D eigenvalue weighted by Gasteiger charge is -2.09. The summed E-state index contributed by atoms with van der Waals surface area (Å²) in [6.07, 6.45) is 4.20. The van der Waals surface area contributed by atoms with E-state index in [9.17, 15) is 0 Å². The minimum absolute atomic E-state index is 0.126. The fourth-order valence-electron chi connectivity index (χ4n) is 4.14. The lowest BCUT2D eigenvalue weighted by atomic mass is 9.97. The molecule has 4 aromatic carbocycles. The van der Waals surface area contributed by atoms with Crippen molar-refractivity contribution >= 4 is 10.8 Å². The molecule has 0 unspecified atom stereocenters. The summed E-state index contributed by atoms with van der Waals surface area (Å²) in [6.45, 7) is 0.740. The van der Waals surface area contributed by atoms with Gasteiger partial charge in [-0.25, -0.2) is 4.39 Å². The third-order valence-electron chi connectivity index (χ3n) is 6.18. The van der Waals surface area contributed by atoms with Crippen molar-refractivity contribution in [3.63, 3.8) is 0 Å². The van der Waals surface area contributed by atoms with Crippen LogP contribution in [0.4, 0.5) is 4.39 Å². The number of nitriles is 1. The topological polar surface area (TPSA) is 33.0 Å². The third-order valence-corrected chi connectivity index (χ3v) is 6.18. The predicted molar refractivity (Wildman–Crippen MR) is 132 cm³/mol. The third kappa shape index (κ3) is 5.86. The van der Waals surface area contributed by atoms with E-state index in [1.807, 2.05) is 48.5 Å². The molecule has 0 aliphatic rings. The van der Waals surface area contributed by atoms with Crippen molar-refractivity contribution in [2.45, 2.75) is 32.1 Å². The zero-order valence-electron chi connectivity index (χ0n) is 19.0. The first kappa shape index (κ1) is 22.7. The zero-order valence-corrected chi connectivity index (χ0v) is 19.0. The van der Waals surface area contributed by atoms with E-state index in [1.165, 1.54) is 16.7 Å². The minimum atomic E-state index is -0.126. The van der Waals surface area contributed by atoms with Crippen LogP contribution in [0.2, 0.25) is 0 Å². The fraction of sp³-hybridized carbons (Fsp3) is 0.233. The molecule has 4 aromatic rings. The molecule has 0 aromatic heterocycles. The highest BCUT2D eigenvalue weighted by Crippen LogP contribution is 2.24. The Balaban J connectivity index is 1.40. The van der Waals surface area contributed by atoms with E-state index < -0.39 is 0 Å². The molecule has 0 aliphatic heterocycles. The SMILES string of the molecule is COCCc1ccc(CCc2ccc3c(F)c(CCc4ccc(C#N)cc4)ccc3c2)cc1. The largest absolute Gasteiger partial charge is 0.384 e. The Hall–Kier alpha value is -3.48. The molecule has 0 radical (unpaired) electrons. The molecule has 3 heteroatoms. The summed E-state index contributed by atoms with van der Waals surface area (Å²) >= 11 is 0. The predicted octanol–water partition coefficient (Wildman–Crippen LogP) is 6.61. The van der Waals surface area contributed by atoms with Gasteiger partial charge in [0.25, 0.3) is 0 Å². The van der Waals surface area contributed by atoms with Gasteiger partial charge in [-0.1, -0.05) is 66.7 Å². The molecular weight excluding hydrogens is 409 g/mol. The number of hydrogen-bond acceptors (Lipinski definition) is 2. The molecule has 2 nitrogen and oxygen atoms in total. The second kappa shape index (κ2) is 10.9. The smallest absolute Gasteiger partial charge is 0.134 e. The van der Waals surface area contributed by atoms with Gasteiger partial charge in [0.15, 0.2) is 0 Å². The Morgan fingerprint density at radius 3 is 1.94 bits per heavy atom. The second-order valence-corrected chi connectivity index (χ2v) is 8.46. The quantitative estimate of drug-likeness (QED) is 0.295. The lowest BCUT2D eigenvalue weighted by molar-refractivity contribution is 0.202. The minimum Gasteiger partial charge on any atom is -0.384 e. The number of methoxy groups -OCH3 is 1. The van der Waals surface area contributed by atoms with Gasteiger partial charge in [-0.15, -0.1) is 0 Å². The highest BCUT2D eigenvalue weighted by atomic mass is 19.1. The van der Waals surface area contributed by atoms with Gasteiger partial charge in [-0.2, -0.15) is 5.26 Å². The van der Waals surface area contributed by atoms with Gasteiger partial charge in [-0.05, 0) is 77.4 Å². The van der Waals surface area contributed by atoms with Crippen molar-refractivity contribution in [1.82, 2.24) is 0 Å². The van der Waals surface area contributed by atoms with E-state index in [-0.39, 0.29) is 5.82 Å². The molecule has 0 N–H and O–H groups in total. The number of rotatable bonds is 9. The molecule has 0 saturated heterocycles. The summed E-state index contributed by atoms with van der Waals surface area (Å²) in [5.41, 5.74) is 6.29. The zero-order chi connectivity index (χ0) is 23.0. The van der Waals surface area contributed by atoms with Crippen molar-refractivity contribution in [1.29, 1.82) is 5.26 Å². The fourth-order valence-corrected chi connectivity index (χ4v) is 4.14. The summed E-state index contributed by atoms with van der Waals surface area (Å²) in [5.74, 6) is -0.126. The maximum atomic E-state index is 15.1. The van der Waals surface area contributed by atoms with Crippen molar-refractivity contribution in [3.8, 4) is 6.07 Å². The summed E-state index contributed by atoms with van der Waals surface area (Å²) < 4.78 is 20.3. The number of aryl methyl sites for hydroxylation is 4. The molecule has 0 bridgehead atoms. The molecular formula is C30H28FNO. The average molecular weight is 438 g/mol. The molecule has 0 spiro atoms. The van der Waals surface area contributed by atoms with Crippen molar-refractivity contribution in [2.75, 3.05) is 13.7 Å². The molecule has 0 aliphatic carbocycles. The standard InChI is InChI=1S/C30H28FNO/c1-33-19-18-24-4-2-22(3-5-24)6-9-25-13-17-29-28(20-25)16-15-27(30(29)31)14-12-23-7-10-26(21-32)11-8-23/h2-5,7-8,10-11,13,15-17,20H,6,9,12,14,18-19H2,1H3. The summed E-state index contributed by atoms with van der Waals surface area (Å²) in [7, 11) is 1.72. The molecule has 0 fully saturated rings. The van der Waals surface area contributed by atoms with Crippen molar-refractivity contribution in [3.05, 3.63) is 118 Å². The summed E-state index contributed by atoms with van der Waals surface area (Å²) in [6, 6.07) is 28.3. The van der Waals surface area contributed by atoms with E-state index in [0.29, 0.717) is 17.4 Å². The van der Waals surface area contributed by atoms with Crippen LogP contribution in [0.1, 0.15) is 33.4 Å². The van der Waals surface area contributed by atoms with Crippen LogP contribution in [-0.4, -0.2) is 13.7 Å². The summed E-state index contributed by atoms with van der Waals surface area (Å²) in [4.78, 5) is 0. The van der Waals surface area contributed by atoms with Gasteiger partial charge >= 0.3 is 0 Å². The maximum Gasteiger partial charge on any atom is 0.134 e. The first-order chi connectivity index (χ1) is 16.2. The van der Waals surface area contributed by atoms with Crippen LogP contribution < -0.4 is 0 Å². The molecule has 0 atom stereocenters. The average Bonchev–Trinajstić information content (AvgIpc) is 2.86. The normalized spacial score (nSPS) is 10.9. The van der Waals surface area contributed by atoms with Gasteiger partial charge < -0.3 is 4.74 Å². The van der Waals surface area contributed by atoms with Crippen LogP contribution in [-0.2, 0) is 36.8 Å². The van der Waals surface area contributed by atoms with Gasteiger partial charge in [0, 0.05) is 12.5 Å².